The van der Waals surface area contributed by atoms with Gasteiger partial charge >= 0.3 is 0 Å². The molecule has 1 heteroatoms. The fraction of sp³-hybridized carbons (Fsp3) is 1.00. The number of hydrogen-bond acceptors (Lipinski definition) is 1. The van der Waals surface area contributed by atoms with E-state index in [1.54, 1.807) is 0 Å². The summed E-state index contributed by atoms with van der Waals surface area (Å²) >= 11 is 0. The van der Waals surface area contributed by atoms with Gasteiger partial charge in [-0.25, -0.2) is 0 Å². The summed E-state index contributed by atoms with van der Waals surface area (Å²) in [7, 11) is 2.13. The van der Waals surface area contributed by atoms with Gasteiger partial charge in [0.1, 0.15) is 0 Å². The van der Waals surface area contributed by atoms with Crippen LogP contribution in [-0.4, -0.2) is 13.1 Å². The summed E-state index contributed by atoms with van der Waals surface area (Å²) in [6.45, 7) is 0. The number of rotatable bonds is 1. The fourth-order valence-electron chi connectivity index (χ4n) is 3.14. The van der Waals surface area contributed by atoms with E-state index in [0.717, 1.165) is 17.9 Å². The van der Waals surface area contributed by atoms with Crippen LogP contribution in [0.2, 0.25) is 0 Å². The summed E-state index contributed by atoms with van der Waals surface area (Å²) < 4.78 is 0. The first kappa shape index (κ1) is 8.55. The highest BCUT2D eigenvalue weighted by Gasteiger charge is 2.29. The molecule has 12 heavy (non-hydrogen) atoms. The minimum Gasteiger partial charge on any atom is -0.317 e. The van der Waals surface area contributed by atoms with Crippen LogP contribution in [0.15, 0.2) is 0 Å². The third kappa shape index (κ3) is 1.82. The molecule has 2 rings (SSSR count). The minimum atomic E-state index is 0.840. The van der Waals surface area contributed by atoms with Crippen molar-refractivity contribution in [2.45, 2.75) is 51.0 Å². The molecule has 0 aromatic heterocycles. The molecule has 2 aliphatic rings. The molecule has 0 heterocycles. The van der Waals surface area contributed by atoms with Crippen molar-refractivity contribution >= 4 is 0 Å². The lowest BCUT2D eigenvalue weighted by molar-refractivity contribution is 0.224. The van der Waals surface area contributed by atoms with E-state index in [9.17, 15) is 0 Å². The van der Waals surface area contributed by atoms with Crippen LogP contribution in [0.3, 0.4) is 0 Å². The number of nitrogens with one attached hydrogen (secondary N) is 1. The maximum absolute atomic E-state index is 3.46. The molecule has 1 nitrogen and oxygen atoms in total. The van der Waals surface area contributed by atoms with E-state index < -0.39 is 0 Å². The Hall–Kier alpha value is -0.0400. The Morgan fingerprint density at radius 3 is 2.00 bits per heavy atom. The minimum absolute atomic E-state index is 0.840. The molecule has 0 aromatic carbocycles. The maximum atomic E-state index is 3.46. The molecular weight excluding hydrogens is 146 g/mol. The van der Waals surface area contributed by atoms with E-state index in [-0.39, 0.29) is 0 Å². The highest BCUT2D eigenvalue weighted by molar-refractivity contribution is 4.84. The van der Waals surface area contributed by atoms with Crippen molar-refractivity contribution in [2.24, 2.45) is 11.8 Å². The van der Waals surface area contributed by atoms with Gasteiger partial charge in [-0.15, -0.1) is 0 Å². The Bertz CT molecular complexity index is 130. The predicted molar refractivity (Wildman–Crippen MR) is 52.1 cm³/mol. The first-order valence-corrected chi connectivity index (χ1v) is 5.55. The van der Waals surface area contributed by atoms with E-state index >= 15 is 0 Å². The SMILES string of the molecule is CNC1CC2CCCCC(C2)C1. The molecule has 2 unspecified atom stereocenters. The molecule has 2 bridgehead atoms. The third-order valence-corrected chi connectivity index (χ3v) is 3.79. The molecule has 0 radical (unpaired) electrons. The van der Waals surface area contributed by atoms with Crippen LogP contribution in [0.1, 0.15) is 44.9 Å². The average Bonchev–Trinajstić information content (AvgIpc) is 2.27. The number of hydrogen-bond donors (Lipinski definition) is 1. The largest absolute Gasteiger partial charge is 0.317 e. The van der Waals surface area contributed by atoms with Gasteiger partial charge in [-0.05, 0) is 38.1 Å². The Balaban J connectivity index is 1.96. The zero-order valence-corrected chi connectivity index (χ0v) is 8.18. The van der Waals surface area contributed by atoms with Crippen molar-refractivity contribution in [3.05, 3.63) is 0 Å². The van der Waals surface area contributed by atoms with E-state index in [2.05, 4.69) is 12.4 Å². The van der Waals surface area contributed by atoms with Crippen LogP contribution in [-0.2, 0) is 0 Å². The second-order valence-corrected chi connectivity index (χ2v) is 4.71. The van der Waals surface area contributed by atoms with Crippen molar-refractivity contribution in [2.75, 3.05) is 7.05 Å². The molecule has 0 saturated heterocycles. The maximum Gasteiger partial charge on any atom is 0.00693 e. The quantitative estimate of drug-likeness (QED) is 0.633. The molecular formula is C11H21N. The van der Waals surface area contributed by atoms with Gasteiger partial charge in [0, 0.05) is 6.04 Å². The van der Waals surface area contributed by atoms with Crippen molar-refractivity contribution in [1.82, 2.24) is 5.32 Å². The van der Waals surface area contributed by atoms with Crippen molar-refractivity contribution < 1.29 is 0 Å². The first-order chi connectivity index (χ1) is 5.88. The van der Waals surface area contributed by atoms with Gasteiger partial charge in [-0.3, -0.25) is 0 Å². The van der Waals surface area contributed by atoms with Crippen molar-refractivity contribution in [3.8, 4) is 0 Å². The molecule has 70 valence electrons. The molecule has 0 amide bonds. The van der Waals surface area contributed by atoms with Crippen LogP contribution in [0.5, 0.6) is 0 Å². The monoisotopic (exact) mass is 167 g/mol. The van der Waals surface area contributed by atoms with Gasteiger partial charge < -0.3 is 5.32 Å². The van der Waals surface area contributed by atoms with E-state index in [0.29, 0.717) is 0 Å². The zero-order chi connectivity index (χ0) is 8.39. The van der Waals surface area contributed by atoms with E-state index in [1.807, 2.05) is 0 Å². The average molecular weight is 167 g/mol. The van der Waals surface area contributed by atoms with E-state index in [4.69, 9.17) is 0 Å². The predicted octanol–water partition coefficient (Wildman–Crippen LogP) is 2.56. The van der Waals surface area contributed by atoms with Crippen LogP contribution in [0.25, 0.3) is 0 Å². The molecule has 0 spiro atoms. The van der Waals surface area contributed by atoms with Gasteiger partial charge in [-0.2, -0.15) is 0 Å². The topological polar surface area (TPSA) is 12.0 Å². The highest BCUT2D eigenvalue weighted by atomic mass is 14.9. The zero-order valence-electron chi connectivity index (χ0n) is 8.18. The van der Waals surface area contributed by atoms with E-state index in [1.165, 1.54) is 44.9 Å². The second kappa shape index (κ2) is 3.78. The van der Waals surface area contributed by atoms with Gasteiger partial charge in [0.2, 0.25) is 0 Å². The van der Waals surface area contributed by atoms with Crippen LogP contribution in [0, 0.1) is 11.8 Å². The molecule has 1 N–H and O–H groups in total. The summed E-state index contributed by atoms with van der Waals surface area (Å²) in [4.78, 5) is 0. The van der Waals surface area contributed by atoms with Crippen molar-refractivity contribution in [1.29, 1.82) is 0 Å². The smallest absolute Gasteiger partial charge is 0.00693 e. The van der Waals surface area contributed by atoms with Crippen LogP contribution < -0.4 is 5.32 Å². The van der Waals surface area contributed by atoms with Crippen LogP contribution >= 0.6 is 0 Å². The Labute approximate surface area is 75.9 Å². The summed E-state index contributed by atoms with van der Waals surface area (Å²) in [5.41, 5.74) is 0. The summed E-state index contributed by atoms with van der Waals surface area (Å²) in [6, 6.07) is 0.840. The Kier molecular flexibility index (Phi) is 2.69. The Morgan fingerprint density at radius 2 is 1.50 bits per heavy atom. The number of fused-ring (bicyclic) bond motifs is 2. The van der Waals surface area contributed by atoms with Crippen LogP contribution in [0.4, 0.5) is 0 Å². The molecule has 2 atom stereocenters. The summed E-state index contributed by atoms with van der Waals surface area (Å²) in [6.07, 6.45) is 10.5. The normalized spacial score (nSPS) is 42.2. The van der Waals surface area contributed by atoms with Crippen molar-refractivity contribution in [3.63, 3.8) is 0 Å². The van der Waals surface area contributed by atoms with Gasteiger partial charge in [0.25, 0.3) is 0 Å². The molecule has 2 fully saturated rings. The highest BCUT2D eigenvalue weighted by Crippen LogP contribution is 2.38. The molecule has 2 aliphatic carbocycles. The lowest BCUT2D eigenvalue weighted by atomic mass is 9.78. The lowest BCUT2D eigenvalue weighted by Gasteiger charge is -2.32. The second-order valence-electron chi connectivity index (χ2n) is 4.71. The molecule has 0 aromatic rings. The fourth-order valence-corrected chi connectivity index (χ4v) is 3.14. The third-order valence-electron chi connectivity index (χ3n) is 3.79. The first-order valence-electron chi connectivity index (χ1n) is 5.55. The lowest BCUT2D eigenvalue weighted by Crippen LogP contribution is -2.34. The van der Waals surface area contributed by atoms with Gasteiger partial charge in [0.05, 0.1) is 0 Å². The standard InChI is InChI=1S/C11H21N/c1-12-11-7-9-4-2-3-5-10(6-9)8-11/h9-12H,2-8H2,1H3. The van der Waals surface area contributed by atoms with Gasteiger partial charge in [-0.1, -0.05) is 25.7 Å². The summed E-state index contributed by atoms with van der Waals surface area (Å²) in [5.74, 6) is 2.12. The summed E-state index contributed by atoms with van der Waals surface area (Å²) in [5, 5.41) is 3.46. The molecule has 0 aliphatic heterocycles. The van der Waals surface area contributed by atoms with Gasteiger partial charge in [0.15, 0.2) is 0 Å². The Morgan fingerprint density at radius 1 is 0.917 bits per heavy atom. The molecule has 2 saturated carbocycles.